The van der Waals surface area contributed by atoms with Gasteiger partial charge in [0.05, 0.1) is 17.2 Å². The van der Waals surface area contributed by atoms with Gasteiger partial charge in [0, 0.05) is 0 Å². The zero-order valence-electron chi connectivity index (χ0n) is 16.2. The third-order valence-corrected chi connectivity index (χ3v) is 4.88. The topological polar surface area (TPSA) is 50.1 Å². The van der Waals surface area contributed by atoms with Crippen LogP contribution in [0.25, 0.3) is 11.1 Å². The molecule has 0 aliphatic rings. The molecule has 3 nitrogen and oxygen atoms in total. The Kier molecular flexibility index (Phi) is 6.24. The minimum absolute atomic E-state index is 0.360. The third kappa shape index (κ3) is 4.86. The number of nitriles is 1. The van der Waals surface area contributed by atoms with Crippen molar-refractivity contribution in [3.05, 3.63) is 89.5 Å². The molecule has 0 aromatic heterocycles. The highest BCUT2D eigenvalue weighted by Gasteiger charge is 2.10. The molecule has 0 aliphatic carbocycles. The summed E-state index contributed by atoms with van der Waals surface area (Å²) in [6, 6.07) is 24.5. The van der Waals surface area contributed by atoms with Gasteiger partial charge in [-0.25, -0.2) is 4.79 Å². The lowest BCUT2D eigenvalue weighted by Gasteiger charge is -2.09. The minimum atomic E-state index is -0.360. The predicted octanol–water partition coefficient (Wildman–Crippen LogP) is 6.03. The van der Waals surface area contributed by atoms with E-state index in [2.05, 4.69) is 19.9 Å². The van der Waals surface area contributed by atoms with Gasteiger partial charge in [-0.05, 0) is 65.4 Å². The minimum Gasteiger partial charge on any atom is -0.423 e. The molecule has 1 atom stereocenters. The first kappa shape index (κ1) is 19.4. The molecule has 0 amide bonds. The van der Waals surface area contributed by atoms with E-state index in [1.165, 1.54) is 5.56 Å². The van der Waals surface area contributed by atoms with E-state index in [1.54, 1.807) is 24.3 Å². The van der Waals surface area contributed by atoms with Crippen LogP contribution in [0.5, 0.6) is 5.75 Å². The Bertz CT molecular complexity index is 965. The molecule has 3 heteroatoms. The SMILES string of the molecule is CC[C@H](C)Cc1ccc(C(=O)Oc2ccc(-c3ccc(C#N)cc3)cc2)cc1. The van der Waals surface area contributed by atoms with Gasteiger partial charge in [-0.15, -0.1) is 0 Å². The van der Waals surface area contributed by atoms with Crippen molar-refractivity contribution >= 4 is 5.97 Å². The summed E-state index contributed by atoms with van der Waals surface area (Å²) in [6.45, 7) is 4.41. The average molecular weight is 369 g/mol. The fourth-order valence-corrected chi connectivity index (χ4v) is 2.94. The van der Waals surface area contributed by atoms with E-state index in [1.807, 2.05) is 48.5 Å². The van der Waals surface area contributed by atoms with Crippen molar-refractivity contribution in [2.45, 2.75) is 26.7 Å². The van der Waals surface area contributed by atoms with Crippen molar-refractivity contribution < 1.29 is 9.53 Å². The molecule has 0 saturated heterocycles. The molecular weight excluding hydrogens is 346 g/mol. The first-order valence-electron chi connectivity index (χ1n) is 9.50. The lowest BCUT2D eigenvalue weighted by molar-refractivity contribution is 0.0735. The molecule has 0 fully saturated rings. The van der Waals surface area contributed by atoms with Crippen LogP contribution < -0.4 is 4.74 Å². The average Bonchev–Trinajstić information content (AvgIpc) is 2.74. The van der Waals surface area contributed by atoms with Crippen LogP contribution in [0, 0.1) is 17.2 Å². The van der Waals surface area contributed by atoms with Crippen LogP contribution in [0.2, 0.25) is 0 Å². The molecular formula is C25H23NO2. The Balaban J connectivity index is 1.64. The summed E-state index contributed by atoms with van der Waals surface area (Å²) < 4.78 is 5.49. The van der Waals surface area contributed by atoms with Crippen molar-refractivity contribution in [2.75, 3.05) is 0 Å². The maximum Gasteiger partial charge on any atom is 0.343 e. The molecule has 0 heterocycles. The molecule has 0 aliphatic heterocycles. The number of hydrogen-bond donors (Lipinski definition) is 0. The summed E-state index contributed by atoms with van der Waals surface area (Å²) >= 11 is 0. The summed E-state index contributed by atoms with van der Waals surface area (Å²) in [7, 11) is 0. The van der Waals surface area contributed by atoms with Gasteiger partial charge < -0.3 is 4.74 Å². The van der Waals surface area contributed by atoms with Gasteiger partial charge in [0.25, 0.3) is 0 Å². The molecule has 3 aromatic carbocycles. The van der Waals surface area contributed by atoms with Crippen LogP contribution in [0.15, 0.2) is 72.8 Å². The number of ether oxygens (including phenoxy) is 1. The quantitative estimate of drug-likeness (QED) is 0.393. The Labute approximate surface area is 166 Å². The summed E-state index contributed by atoms with van der Waals surface area (Å²) in [5, 5.41) is 8.88. The lowest BCUT2D eigenvalue weighted by Crippen LogP contribution is -2.08. The molecule has 0 radical (unpaired) electrons. The van der Waals surface area contributed by atoms with E-state index < -0.39 is 0 Å². The summed E-state index contributed by atoms with van der Waals surface area (Å²) in [5.41, 5.74) is 4.42. The highest BCUT2D eigenvalue weighted by atomic mass is 16.5. The Morgan fingerprint density at radius 2 is 1.50 bits per heavy atom. The van der Waals surface area contributed by atoms with Gasteiger partial charge in [-0.2, -0.15) is 5.26 Å². The number of carbonyl (C=O) groups is 1. The standard InChI is InChI=1S/C25H23NO2/c1-3-18(2)16-19-4-10-23(11-5-19)25(27)28-24-14-12-22(13-15-24)21-8-6-20(17-26)7-9-21/h4-15,18H,3,16H2,1-2H3/t18-/m0/s1. The number of nitrogens with zero attached hydrogens (tertiary/aromatic N) is 1. The molecule has 3 rings (SSSR count). The maximum atomic E-state index is 12.4. The number of esters is 1. The zero-order chi connectivity index (χ0) is 19.9. The van der Waals surface area contributed by atoms with Crippen molar-refractivity contribution in [3.63, 3.8) is 0 Å². The molecule has 3 aromatic rings. The largest absolute Gasteiger partial charge is 0.423 e. The second kappa shape index (κ2) is 9.01. The molecule has 28 heavy (non-hydrogen) atoms. The lowest BCUT2D eigenvalue weighted by atomic mass is 9.98. The van der Waals surface area contributed by atoms with E-state index in [9.17, 15) is 4.79 Å². The number of rotatable bonds is 6. The van der Waals surface area contributed by atoms with Crippen LogP contribution in [0.1, 0.15) is 41.8 Å². The fourth-order valence-electron chi connectivity index (χ4n) is 2.94. The normalized spacial score (nSPS) is 11.5. The van der Waals surface area contributed by atoms with Gasteiger partial charge in [0.1, 0.15) is 5.75 Å². The van der Waals surface area contributed by atoms with Crippen LogP contribution >= 0.6 is 0 Å². The first-order valence-corrected chi connectivity index (χ1v) is 9.50. The first-order chi connectivity index (χ1) is 13.6. The van der Waals surface area contributed by atoms with Crippen molar-refractivity contribution in [2.24, 2.45) is 5.92 Å². The second-order valence-corrected chi connectivity index (χ2v) is 7.02. The van der Waals surface area contributed by atoms with E-state index in [-0.39, 0.29) is 5.97 Å². The number of hydrogen-bond acceptors (Lipinski definition) is 3. The highest BCUT2D eigenvalue weighted by molar-refractivity contribution is 5.91. The molecule has 0 N–H and O–H groups in total. The monoisotopic (exact) mass is 369 g/mol. The smallest absolute Gasteiger partial charge is 0.343 e. The van der Waals surface area contributed by atoms with Gasteiger partial charge in [-0.3, -0.25) is 0 Å². The van der Waals surface area contributed by atoms with Crippen molar-refractivity contribution in [3.8, 4) is 22.9 Å². The van der Waals surface area contributed by atoms with Gasteiger partial charge in [0.2, 0.25) is 0 Å². The molecule has 0 spiro atoms. The van der Waals surface area contributed by atoms with Crippen molar-refractivity contribution in [1.82, 2.24) is 0 Å². The highest BCUT2D eigenvalue weighted by Crippen LogP contribution is 2.23. The Morgan fingerprint density at radius 1 is 0.929 bits per heavy atom. The van der Waals surface area contributed by atoms with E-state index in [0.717, 1.165) is 24.0 Å². The molecule has 140 valence electrons. The summed E-state index contributed by atoms with van der Waals surface area (Å²) in [5.74, 6) is 0.778. The van der Waals surface area contributed by atoms with E-state index in [4.69, 9.17) is 10.00 Å². The van der Waals surface area contributed by atoms with Crippen LogP contribution in [0.4, 0.5) is 0 Å². The maximum absolute atomic E-state index is 12.4. The van der Waals surface area contributed by atoms with Gasteiger partial charge in [0.15, 0.2) is 0 Å². The number of carbonyl (C=O) groups excluding carboxylic acids is 1. The van der Waals surface area contributed by atoms with Gasteiger partial charge >= 0.3 is 5.97 Å². The van der Waals surface area contributed by atoms with E-state index in [0.29, 0.717) is 22.8 Å². The Hall–Kier alpha value is -3.38. The number of benzene rings is 3. The van der Waals surface area contributed by atoms with Gasteiger partial charge in [-0.1, -0.05) is 56.7 Å². The predicted molar refractivity (Wildman–Crippen MR) is 111 cm³/mol. The third-order valence-electron chi connectivity index (χ3n) is 4.88. The molecule has 0 bridgehead atoms. The zero-order valence-corrected chi connectivity index (χ0v) is 16.2. The van der Waals surface area contributed by atoms with Crippen LogP contribution in [-0.2, 0) is 6.42 Å². The molecule has 0 saturated carbocycles. The second-order valence-electron chi connectivity index (χ2n) is 7.02. The Morgan fingerprint density at radius 3 is 2.04 bits per heavy atom. The van der Waals surface area contributed by atoms with Crippen molar-refractivity contribution in [1.29, 1.82) is 5.26 Å². The van der Waals surface area contributed by atoms with E-state index >= 15 is 0 Å². The fraction of sp³-hybridized carbons (Fsp3) is 0.200. The summed E-state index contributed by atoms with van der Waals surface area (Å²) in [4.78, 5) is 12.4. The van der Waals surface area contributed by atoms with Crippen LogP contribution in [-0.4, -0.2) is 5.97 Å². The molecule has 0 unspecified atom stereocenters. The van der Waals surface area contributed by atoms with Crippen LogP contribution in [0.3, 0.4) is 0 Å². The summed E-state index contributed by atoms with van der Waals surface area (Å²) in [6.07, 6.45) is 2.16.